The summed E-state index contributed by atoms with van der Waals surface area (Å²) in [6.07, 6.45) is 0. The minimum atomic E-state index is -0.467. The number of anilines is 1. The van der Waals surface area contributed by atoms with Crippen molar-refractivity contribution in [2.75, 3.05) is 5.73 Å². The first-order valence-electron chi connectivity index (χ1n) is 6.25. The number of halogens is 1. The third-order valence-electron chi connectivity index (χ3n) is 3.10. The highest BCUT2D eigenvalue weighted by molar-refractivity contribution is 6.31. The fraction of sp³-hybridized carbons (Fsp3) is 0.188. The summed E-state index contributed by atoms with van der Waals surface area (Å²) in [6, 6.07) is 10.8. The highest BCUT2D eigenvalue weighted by Crippen LogP contribution is 2.20. The molecule has 0 aliphatic rings. The molecule has 0 radical (unpaired) electrons. The van der Waals surface area contributed by atoms with Crippen molar-refractivity contribution in [1.82, 2.24) is 0 Å². The minimum Gasteiger partial charge on any atom is -0.457 e. The van der Waals surface area contributed by atoms with Gasteiger partial charge in [0.2, 0.25) is 0 Å². The molecule has 2 aromatic carbocycles. The van der Waals surface area contributed by atoms with Gasteiger partial charge >= 0.3 is 5.97 Å². The maximum Gasteiger partial charge on any atom is 0.340 e. The van der Waals surface area contributed by atoms with Crippen molar-refractivity contribution >= 4 is 23.3 Å². The summed E-state index contributed by atoms with van der Waals surface area (Å²) in [5, 5.41) is 0.456. The number of nitrogen functional groups attached to an aromatic ring is 1. The van der Waals surface area contributed by atoms with Crippen LogP contribution in [0.4, 0.5) is 5.69 Å². The summed E-state index contributed by atoms with van der Waals surface area (Å²) in [7, 11) is 0. The lowest BCUT2D eigenvalue weighted by atomic mass is 10.1. The molecule has 4 heteroatoms. The van der Waals surface area contributed by atoms with Gasteiger partial charge < -0.3 is 10.5 Å². The Morgan fingerprint density at radius 2 is 1.95 bits per heavy atom. The van der Waals surface area contributed by atoms with Crippen LogP contribution in [0.2, 0.25) is 5.02 Å². The van der Waals surface area contributed by atoms with E-state index < -0.39 is 5.97 Å². The van der Waals surface area contributed by atoms with Crippen LogP contribution in [0, 0.1) is 13.8 Å². The number of aryl methyl sites for hydroxylation is 2. The predicted octanol–water partition coefficient (Wildman–Crippen LogP) is 3.90. The molecule has 0 aliphatic heterocycles. The van der Waals surface area contributed by atoms with E-state index in [1.807, 2.05) is 32.0 Å². The van der Waals surface area contributed by atoms with Crippen LogP contribution in [0.3, 0.4) is 0 Å². The monoisotopic (exact) mass is 289 g/mol. The number of hydrogen-bond donors (Lipinski definition) is 1. The molecule has 0 unspecified atom stereocenters. The van der Waals surface area contributed by atoms with Crippen molar-refractivity contribution in [3.8, 4) is 0 Å². The molecule has 0 spiro atoms. The van der Waals surface area contributed by atoms with Crippen LogP contribution >= 0.6 is 11.6 Å². The lowest BCUT2D eigenvalue weighted by Crippen LogP contribution is -2.09. The van der Waals surface area contributed by atoms with Gasteiger partial charge in [-0.2, -0.15) is 0 Å². The summed E-state index contributed by atoms with van der Waals surface area (Å²) in [5.74, 6) is -0.467. The first-order valence-corrected chi connectivity index (χ1v) is 6.63. The van der Waals surface area contributed by atoms with Crippen molar-refractivity contribution in [1.29, 1.82) is 0 Å². The van der Waals surface area contributed by atoms with Crippen molar-refractivity contribution in [3.63, 3.8) is 0 Å². The van der Waals surface area contributed by atoms with Crippen LogP contribution in [-0.4, -0.2) is 5.97 Å². The van der Waals surface area contributed by atoms with Gasteiger partial charge in [0.05, 0.1) is 5.56 Å². The van der Waals surface area contributed by atoms with E-state index in [0.29, 0.717) is 16.3 Å². The predicted molar refractivity (Wildman–Crippen MR) is 80.9 cm³/mol. The van der Waals surface area contributed by atoms with E-state index in [1.165, 1.54) is 6.07 Å². The lowest BCUT2D eigenvalue weighted by Gasteiger charge is -2.10. The Bertz CT molecular complexity index is 653. The van der Waals surface area contributed by atoms with Gasteiger partial charge in [0.1, 0.15) is 6.61 Å². The Morgan fingerprint density at radius 3 is 2.70 bits per heavy atom. The van der Waals surface area contributed by atoms with Gasteiger partial charge in [-0.15, -0.1) is 0 Å². The quantitative estimate of drug-likeness (QED) is 0.689. The van der Waals surface area contributed by atoms with Crippen LogP contribution in [0.25, 0.3) is 0 Å². The molecule has 20 heavy (non-hydrogen) atoms. The summed E-state index contributed by atoms with van der Waals surface area (Å²) in [5.41, 5.74) is 9.61. The molecular weight excluding hydrogens is 274 g/mol. The van der Waals surface area contributed by atoms with E-state index >= 15 is 0 Å². The third kappa shape index (κ3) is 3.31. The minimum absolute atomic E-state index is 0.221. The van der Waals surface area contributed by atoms with Crippen molar-refractivity contribution in [3.05, 3.63) is 63.7 Å². The highest BCUT2D eigenvalue weighted by atomic mass is 35.5. The Morgan fingerprint density at radius 1 is 1.20 bits per heavy atom. The molecular formula is C16H16ClNO2. The topological polar surface area (TPSA) is 52.3 Å². The molecule has 0 bridgehead atoms. The van der Waals surface area contributed by atoms with Crippen LogP contribution in [0.5, 0.6) is 0 Å². The molecule has 2 N–H and O–H groups in total. The summed E-state index contributed by atoms with van der Waals surface area (Å²) in [4.78, 5) is 12.0. The number of hydrogen-bond acceptors (Lipinski definition) is 3. The number of ether oxygens (including phenoxy) is 1. The van der Waals surface area contributed by atoms with Gasteiger partial charge in [0.15, 0.2) is 0 Å². The fourth-order valence-electron chi connectivity index (χ4n) is 1.88. The molecule has 0 atom stereocenters. The van der Waals surface area contributed by atoms with Gasteiger partial charge in [-0.3, -0.25) is 0 Å². The zero-order chi connectivity index (χ0) is 14.7. The summed E-state index contributed by atoms with van der Waals surface area (Å²) in [6.45, 7) is 4.20. The van der Waals surface area contributed by atoms with E-state index in [4.69, 9.17) is 22.1 Å². The zero-order valence-electron chi connectivity index (χ0n) is 11.4. The molecule has 0 aromatic heterocycles. The van der Waals surface area contributed by atoms with Crippen LogP contribution in [0.15, 0.2) is 36.4 Å². The number of carbonyl (C=O) groups is 1. The van der Waals surface area contributed by atoms with Crippen molar-refractivity contribution < 1.29 is 9.53 Å². The first-order chi connectivity index (χ1) is 9.47. The largest absolute Gasteiger partial charge is 0.457 e. The van der Waals surface area contributed by atoms with Crippen LogP contribution in [0.1, 0.15) is 27.0 Å². The van der Waals surface area contributed by atoms with Crippen molar-refractivity contribution in [2.45, 2.75) is 20.5 Å². The van der Waals surface area contributed by atoms with Gasteiger partial charge in [-0.25, -0.2) is 4.79 Å². The Balaban J connectivity index is 2.12. The van der Waals surface area contributed by atoms with E-state index in [2.05, 4.69) is 0 Å². The lowest BCUT2D eigenvalue weighted by molar-refractivity contribution is 0.0473. The molecule has 3 nitrogen and oxygen atoms in total. The molecule has 104 valence electrons. The second-order valence-electron chi connectivity index (χ2n) is 4.74. The SMILES string of the molecule is Cc1ccc(C)c(COC(=O)c2cc(Cl)ccc2N)c1. The average Bonchev–Trinajstić information content (AvgIpc) is 2.42. The Labute approximate surface area is 123 Å². The molecule has 0 aliphatic carbocycles. The summed E-state index contributed by atoms with van der Waals surface area (Å²) >= 11 is 5.86. The van der Waals surface area contributed by atoms with Gasteiger partial charge in [0.25, 0.3) is 0 Å². The zero-order valence-corrected chi connectivity index (χ0v) is 12.2. The molecule has 0 fully saturated rings. The normalized spacial score (nSPS) is 10.3. The first kappa shape index (κ1) is 14.4. The number of benzene rings is 2. The van der Waals surface area contributed by atoms with E-state index in [0.717, 1.165) is 16.7 Å². The molecule has 2 aromatic rings. The van der Waals surface area contributed by atoms with E-state index in [9.17, 15) is 4.79 Å². The second-order valence-corrected chi connectivity index (χ2v) is 5.17. The third-order valence-corrected chi connectivity index (χ3v) is 3.33. The maximum absolute atomic E-state index is 12.0. The standard InChI is InChI=1S/C16H16ClNO2/c1-10-3-4-11(2)12(7-10)9-20-16(19)14-8-13(17)5-6-15(14)18/h3-8H,9,18H2,1-2H3. The molecule has 2 rings (SSSR count). The van der Waals surface area contributed by atoms with Crippen LogP contribution in [-0.2, 0) is 11.3 Å². The molecule has 0 saturated carbocycles. The number of rotatable bonds is 3. The van der Waals surface area contributed by atoms with E-state index in [1.54, 1.807) is 12.1 Å². The van der Waals surface area contributed by atoms with Gasteiger partial charge in [-0.1, -0.05) is 35.4 Å². The number of nitrogens with two attached hydrogens (primary N) is 1. The smallest absolute Gasteiger partial charge is 0.340 e. The molecule has 0 amide bonds. The Kier molecular flexibility index (Phi) is 4.30. The second kappa shape index (κ2) is 5.97. The fourth-order valence-corrected chi connectivity index (χ4v) is 2.05. The van der Waals surface area contributed by atoms with E-state index in [-0.39, 0.29) is 6.61 Å². The number of esters is 1. The Hall–Kier alpha value is -2.00. The summed E-state index contributed by atoms with van der Waals surface area (Å²) < 4.78 is 5.31. The average molecular weight is 290 g/mol. The van der Waals surface area contributed by atoms with Gasteiger partial charge in [-0.05, 0) is 43.2 Å². The number of carbonyl (C=O) groups excluding carboxylic acids is 1. The van der Waals surface area contributed by atoms with Crippen molar-refractivity contribution in [2.24, 2.45) is 0 Å². The van der Waals surface area contributed by atoms with Gasteiger partial charge in [0, 0.05) is 10.7 Å². The molecule has 0 heterocycles. The molecule has 0 saturated heterocycles. The highest BCUT2D eigenvalue weighted by Gasteiger charge is 2.12. The van der Waals surface area contributed by atoms with Crippen LogP contribution < -0.4 is 5.73 Å². The maximum atomic E-state index is 12.0.